The van der Waals surface area contributed by atoms with Crippen molar-refractivity contribution in [2.45, 2.75) is 153 Å². The third kappa shape index (κ3) is 9.65. The maximum absolute atomic E-state index is 13.5. The van der Waals surface area contributed by atoms with Crippen LogP contribution in [-0.4, -0.2) is 95.5 Å². The van der Waals surface area contributed by atoms with Gasteiger partial charge < -0.3 is 26.6 Å². The number of amides is 7. The first-order chi connectivity index (χ1) is 28.5. The molecule has 2 saturated heterocycles. The highest BCUT2D eigenvalue weighted by atomic mass is 16.2. The summed E-state index contributed by atoms with van der Waals surface area (Å²) in [5, 5.41) is 18.2. The zero-order valence-corrected chi connectivity index (χ0v) is 34.9. The van der Waals surface area contributed by atoms with Crippen molar-refractivity contribution in [1.82, 2.24) is 36.5 Å². The molecule has 3 saturated carbocycles. The molecule has 4 aliphatic carbocycles. The van der Waals surface area contributed by atoms with Gasteiger partial charge in [-0.25, -0.2) is 0 Å². The SMILES string of the molecule is CNC(=O)c1cnc2c(c1NC1CCCCC1)CC(C1CCC(C(=O)NCCCCNC(=O)C(C)NC3CCCC4C(=O)N(C5CCC(=O)NC5=O)C(=O)C34)CC1)CC2. The Morgan fingerprint density at radius 1 is 0.831 bits per heavy atom. The number of piperidine rings is 1. The molecular formula is C44H64N8O7. The van der Waals surface area contributed by atoms with Crippen LogP contribution in [0, 0.1) is 29.6 Å². The number of aryl methyl sites for hydroxylation is 1. The van der Waals surface area contributed by atoms with Crippen molar-refractivity contribution >= 4 is 47.0 Å². The van der Waals surface area contributed by atoms with Crippen LogP contribution in [0.15, 0.2) is 6.20 Å². The minimum atomic E-state index is -0.974. The largest absolute Gasteiger partial charge is 0.381 e. The Bertz CT molecular complexity index is 1770. The zero-order valence-electron chi connectivity index (χ0n) is 34.9. The molecular weight excluding hydrogens is 753 g/mol. The van der Waals surface area contributed by atoms with E-state index >= 15 is 0 Å². The molecule has 6 N–H and O–H groups in total. The topological polar surface area (TPSA) is 208 Å². The van der Waals surface area contributed by atoms with E-state index in [1.807, 2.05) is 0 Å². The lowest BCUT2D eigenvalue weighted by molar-refractivity contribution is -0.151. The summed E-state index contributed by atoms with van der Waals surface area (Å²) in [6.45, 7) is 2.74. The maximum atomic E-state index is 13.5. The Morgan fingerprint density at radius 2 is 1.58 bits per heavy atom. The maximum Gasteiger partial charge on any atom is 0.254 e. The average Bonchev–Trinajstić information content (AvgIpc) is 3.50. The number of nitrogens with zero attached hydrogens (tertiary/aromatic N) is 2. The average molecular weight is 817 g/mol. The van der Waals surface area contributed by atoms with Crippen LogP contribution in [0.25, 0.3) is 0 Å². The van der Waals surface area contributed by atoms with E-state index in [1.165, 1.54) is 24.8 Å². The zero-order chi connectivity index (χ0) is 41.6. The number of hydrogen-bond donors (Lipinski definition) is 6. The van der Waals surface area contributed by atoms with Gasteiger partial charge in [-0.15, -0.1) is 0 Å². The number of carbonyl (C=O) groups excluding carboxylic acids is 7. The van der Waals surface area contributed by atoms with Gasteiger partial charge in [-0.2, -0.15) is 0 Å². The van der Waals surface area contributed by atoms with Crippen molar-refractivity contribution in [3.05, 3.63) is 23.0 Å². The second kappa shape index (κ2) is 19.3. The molecule has 0 bridgehead atoms. The molecule has 15 heteroatoms. The summed E-state index contributed by atoms with van der Waals surface area (Å²) >= 11 is 0. The fourth-order valence-electron chi connectivity index (χ4n) is 10.9. The number of aromatic nitrogens is 1. The van der Waals surface area contributed by atoms with Crippen molar-refractivity contribution in [3.63, 3.8) is 0 Å². The van der Waals surface area contributed by atoms with E-state index in [4.69, 9.17) is 4.98 Å². The van der Waals surface area contributed by atoms with Crippen molar-refractivity contribution in [3.8, 4) is 0 Å². The van der Waals surface area contributed by atoms with E-state index in [2.05, 4.69) is 31.9 Å². The number of anilines is 1. The lowest BCUT2D eigenvalue weighted by Gasteiger charge is -2.37. The van der Waals surface area contributed by atoms with E-state index in [1.54, 1.807) is 20.2 Å². The van der Waals surface area contributed by atoms with Gasteiger partial charge in [0.2, 0.25) is 35.4 Å². The van der Waals surface area contributed by atoms with Gasteiger partial charge in [0, 0.05) is 56.5 Å². The lowest BCUT2D eigenvalue weighted by atomic mass is 9.70. The van der Waals surface area contributed by atoms with Gasteiger partial charge in [-0.1, -0.05) is 25.7 Å². The number of fused-ring (bicyclic) bond motifs is 2. The third-order valence-electron chi connectivity index (χ3n) is 14.3. The predicted molar refractivity (Wildman–Crippen MR) is 220 cm³/mol. The van der Waals surface area contributed by atoms with E-state index in [9.17, 15) is 33.6 Å². The summed E-state index contributed by atoms with van der Waals surface area (Å²) in [4.78, 5) is 95.9. The van der Waals surface area contributed by atoms with Gasteiger partial charge in [0.05, 0.1) is 29.1 Å². The molecule has 5 fully saturated rings. The molecule has 1 aromatic heterocycles. The molecule has 1 aromatic rings. The first-order valence-electron chi connectivity index (χ1n) is 22.6. The van der Waals surface area contributed by atoms with Gasteiger partial charge in [0.1, 0.15) is 6.04 Å². The van der Waals surface area contributed by atoms with E-state index in [0.717, 1.165) is 86.9 Å². The number of likely N-dealkylation sites (tertiary alicyclic amines) is 1. The number of imide groups is 2. The molecule has 15 nitrogen and oxygen atoms in total. The molecule has 7 amide bonds. The molecule has 0 spiro atoms. The van der Waals surface area contributed by atoms with E-state index in [-0.39, 0.29) is 48.4 Å². The minimum Gasteiger partial charge on any atom is -0.381 e. The number of pyridine rings is 1. The standard InChI is InChI=1S/C44H64N8O7/c1-25(49-34-12-8-11-30-37(34)44(59)52(43(30)58)35-19-20-36(53)51-42(35)57)39(54)46-21-6-7-22-47-40(55)27-15-13-26(14-16-27)28-17-18-33-31(23-28)38(32(24-48-33)41(56)45-2)50-29-9-4-3-5-10-29/h24-30,34-35,37,49H,3-23H2,1-2H3,(H,45,56)(H,46,54)(H,47,55)(H,48,50)(H,51,53,57). The number of unbranched alkanes of at least 4 members (excludes halogenated alkanes) is 1. The number of hydrogen-bond acceptors (Lipinski definition) is 10. The first-order valence-corrected chi connectivity index (χ1v) is 22.6. The summed E-state index contributed by atoms with van der Waals surface area (Å²) in [5.74, 6) is -2.09. The van der Waals surface area contributed by atoms with Crippen LogP contribution in [0.3, 0.4) is 0 Å². The van der Waals surface area contributed by atoms with E-state index in [0.29, 0.717) is 55.8 Å². The van der Waals surface area contributed by atoms with Crippen molar-refractivity contribution in [2.24, 2.45) is 29.6 Å². The molecule has 6 aliphatic rings. The van der Waals surface area contributed by atoms with Gasteiger partial charge in [0.15, 0.2) is 0 Å². The van der Waals surface area contributed by atoms with Crippen LogP contribution in [0.1, 0.15) is 138 Å². The molecule has 6 atom stereocenters. The fraction of sp³-hybridized carbons (Fsp3) is 0.727. The Hall–Kier alpha value is -4.40. The van der Waals surface area contributed by atoms with Crippen molar-refractivity contribution in [1.29, 1.82) is 0 Å². The Balaban J connectivity index is 0.807. The summed E-state index contributed by atoms with van der Waals surface area (Å²) in [5.41, 5.74) is 3.97. The number of nitrogens with one attached hydrogen (secondary N) is 6. The Labute approximate surface area is 347 Å². The molecule has 0 aromatic carbocycles. The summed E-state index contributed by atoms with van der Waals surface area (Å²) in [7, 11) is 1.67. The van der Waals surface area contributed by atoms with Crippen LogP contribution in [0.5, 0.6) is 0 Å². The van der Waals surface area contributed by atoms with Crippen LogP contribution >= 0.6 is 0 Å². The van der Waals surface area contributed by atoms with Gasteiger partial charge in [-0.05, 0) is 114 Å². The third-order valence-corrected chi connectivity index (χ3v) is 14.3. The summed E-state index contributed by atoms with van der Waals surface area (Å²) < 4.78 is 0. The second-order valence-electron chi connectivity index (χ2n) is 18.0. The number of rotatable bonds is 14. The lowest BCUT2D eigenvalue weighted by Crippen LogP contribution is -2.55. The molecule has 7 rings (SSSR count). The Kier molecular flexibility index (Phi) is 14.0. The highest BCUT2D eigenvalue weighted by Crippen LogP contribution is 2.43. The summed E-state index contributed by atoms with van der Waals surface area (Å²) in [6, 6.07) is -1.56. The molecule has 2 aliphatic heterocycles. The normalized spacial score (nSPS) is 29.2. The molecule has 59 heavy (non-hydrogen) atoms. The van der Waals surface area contributed by atoms with Crippen LogP contribution in [-0.2, 0) is 41.6 Å². The fourth-order valence-corrected chi connectivity index (χ4v) is 10.9. The molecule has 0 radical (unpaired) electrons. The number of carbonyl (C=O) groups is 7. The predicted octanol–water partition coefficient (Wildman–Crippen LogP) is 3.05. The Morgan fingerprint density at radius 3 is 2.31 bits per heavy atom. The molecule has 3 heterocycles. The second-order valence-corrected chi connectivity index (χ2v) is 18.0. The van der Waals surface area contributed by atoms with Gasteiger partial charge in [-0.3, -0.25) is 48.8 Å². The minimum absolute atomic E-state index is 0.0105. The molecule has 322 valence electrons. The first kappa shape index (κ1) is 42.7. The van der Waals surface area contributed by atoms with Crippen LogP contribution in [0.4, 0.5) is 5.69 Å². The highest BCUT2D eigenvalue weighted by molar-refractivity contribution is 6.11. The monoisotopic (exact) mass is 816 g/mol. The summed E-state index contributed by atoms with van der Waals surface area (Å²) in [6.07, 6.45) is 18.0. The van der Waals surface area contributed by atoms with Gasteiger partial charge >= 0.3 is 0 Å². The van der Waals surface area contributed by atoms with Crippen molar-refractivity contribution in [2.75, 3.05) is 25.5 Å². The van der Waals surface area contributed by atoms with E-state index < -0.39 is 41.6 Å². The quantitative estimate of drug-likeness (QED) is 0.120. The van der Waals surface area contributed by atoms with Crippen molar-refractivity contribution < 1.29 is 33.6 Å². The van der Waals surface area contributed by atoms with Crippen LogP contribution in [0.2, 0.25) is 0 Å². The van der Waals surface area contributed by atoms with Gasteiger partial charge in [0.25, 0.3) is 5.91 Å². The molecule has 6 unspecified atom stereocenters. The van der Waals surface area contributed by atoms with Crippen LogP contribution < -0.4 is 31.9 Å². The highest BCUT2D eigenvalue weighted by Gasteiger charge is 2.56. The smallest absolute Gasteiger partial charge is 0.254 e.